The third-order valence-electron chi connectivity index (χ3n) is 3.81. The Morgan fingerprint density at radius 1 is 1.29 bits per heavy atom. The summed E-state index contributed by atoms with van der Waals surface area (Å²) in [7, 11) is -2.17. The molecule has 0 aliphatic heterocycles. The van der Waals surface area contributed by atoms with Gasteiger partial charge in [-0.15, -0.1) is 0 Å². The first kappa shape index (κ1) is 16.3. The van der Waals surface area contributed by atoms with Crippen molar-refractivity contribution in [2.45, 2.75) is 24.8 Å². The minimum Gasteiger partial charge on any atom is -0.508 e. The van der Waals surface area contributed by atoms with Crippen LogP contribution >= 0.6 is 0 Å². The zero-order chi connectivity index (χ0) is 17.5. The van der Waals surface area contributed by atoms with Gasteiger partial charge in [-0.2, -0.15) is 0 Å². The van der Waals surface area contributed by atoms with Crippen LogP contribution in [0.4, 0.5) is 0 Å². The van der Waals surface area contributed by atoms with Crippen LogP contribution in [-0.2, 0) is 15.6 Å². The molecule has 0 saturated heterocycles. The Kier molecular flexibility index (Phi) is 3.92. The molecule has 0 unspecified atom stereocenters. The molecule has 0 amide bonds. The Hall–Kier alpha value is -2.61. The molecule has 0 bridgehead atoms. The predicted octanol–water partition coefficient (Wildman–Crippen LogP) is 2.26. The molecule has 0 spiro atoms. The molecule has 0 aliphatic rings. The van der Waals surface area contributed by atoms with E-state index in [4.69, 9.17) is 4.74 Å². The van der Waals surface area contributed by atoms with E-state index in [0.29, 0.717) is 28.0 Å². The summed E-state index contributed by atoms with van der Waals surface area (Å²) in [5, 5.41) is 9.33. The first-order chi connectivity index (χ1) is 11.3. The number of aromatic nitrogens is 3. The Labute approximate surface area is 139 Å². The average Bonchev–Trinajstić information content (AvgIpc) is 2.94. The highest BCUT2D eigenvalue weighted by atomic mass is 32.2. The molecule has 3 rings (SSSR count). The fourth-order valence-electron chi connectivity index (χ4n) is 2.59. The molecule has 2 N–H and O–H groups in total. The van der Waals surface area contributed by atoms with Crippen molar-refractivity contribution in [1.82, 2.24) is 15.0 Å². The number of methoxy groups -OCH3 is 1. The summed E-state index contributed by atoms with van der Waals surface area (Å²) < 4.78 is 30.6. The fraction of sp³-hybridized carbons (Fsp3) is 0.250. The maximum absolute atomic E-state index is 12.7. The first-order valence-corrected chi connectivity index (χ1v) is 8.87. The molecular weight excluding hydrogens is 330 g/mol. The van der Waals surface area contributed by atoms with Gasteiger partial charge >= 0.3 is 0 Å². The van der Waals surface area contributed by atoms with E-state index in [9.17, 15) is 13.5 Å². The van der Waals surface area contributed by atoms with Crippen molar-refractivity contribution in [2.75, 3.05) is 7.11 Å². The van der Waals surface area contributed by atoms with E-state index < -0.39 is 9.84 Å². The van der Waals surface area contributed by atoms with Crippen LogP contribution < -0.4 is 4.74 Å². The SMILES string of the molecule is COc1c(C)cnc(CS(=O)(=O)c2nc3ccc(O)cc3[nH]2)c1C. The third kappa shape index (κ3) is 2.80. The molecule has 0 radical (unpaired) electrons. The summed E-state index contributed by atoms with van der Waals surface area (Å²) in [5.74, 6) is 0.377. The molecule has 0 atom stereocenters. The van der Waals surface area contributed by atoms with Gasteiger partial charge in [-0.3, -0.25) is 4.98 Å². The monoisotopic (exact) mass is 347 g/mol. The number of aromatic hydroxyl groups is 1. The molecular formula is C16H17N3O4S. The van der Waals surface area contributed by atoms with Gasteiger partial charge in [0.25, 0.3) is 0 Å². The Morgan fingerprint density at radius 3 is 2.75 bits per heavy atom. The van der Waals surface area contributed by atoms with Gasteiger partial charge in [-0.05, 0) is 26.0 Å². The van der Waals surface area contributed by atoms with E-state index in [2.05, 4.69) is 15.0 Å². The number of pyridine rings is 1. The average molecular weight is 347 g/mol. The van der Waals surface area contributed by atoms with Crippen LogP contribution in [0.25, 0.3) is 11.0 Å². The molecule has 7 nitrogen and oxygen atoms in total. The van der Waals surface area contributed by atoms with Crippen molar-refractivity contribution < 1.29 is 18.3 Å². The van der Waals surface area contributed by atoms with E-state index in [1.807, 2.05) is 6.92 Å². The number of rotatable bonds is 4. The smallest absolute Gasteiger partial charge is 0.226 e. The zero-order valence-electron chi connectivity index (χ0n) is 13.5. The van der Waals surface area contributed by atoms with Crippen LogP contribution in [0.2, 0.25) is 0 Å². The van der Waals surface area contributed by atoms with Gasteiger partial charge in [0.15, 0.2) is 0 Å². The Bertz CT molecular complexity index is 1030. The number of phenols is 1. The molecule has 3 aromatic rings. The number of aryl methyl sites for hydroxylation is 1. The van der Waals surface area contributed by atoms with Crippen LogP contribution in [0.3, 0.4) is 0 Å². The second-order valence-corrected chi connectivity index (χ2v) is 7.45. The Balaban J connectivity index is 2.02. The van der Waals surface area contributed by atoms with Crippen molar-refractivity contribution in [3.63, 3.8) is 0 Å². The lowest BCUT2D eigenvalue weighted by molar-refractivity contribution is 0.407. The number of nitrogens with zero attached hydrogens (tertiary/aromatic N) is 2. The predicted molar refractivity (Wildman–Crippen MR) is 88.9 cm³/mol. The number of benzene rings is 1. The van der Waals surface area contributed by atoms with Crippen molar-refractivity contribution in [3.8, 4) is 11.5 Å². The molecule has 0 saturated carbocycles. The van der Waals surface area contributed by atoms with Crippen molar-refractivity contribution in [2.24, 2.45) is 0 Å². The number of hydrogen-bond acceptors (Lipinski definition) is 6. The number of nitrogens with one attached hydrogen (secondary N) is 1. The summed E-state index contributed by atoms with van der Waals surface area (Å²) in [6.45, 7) is 3.63. The summed E-state index contributed by atoms with van der Waals surface area (Å²) in [4.78, 5) is 11.1. The normalized spacial score (nSPS) is 11.8. The molecule has 24 heavy (non-hydrogen) atoms. The van der Waals surface area contributed by atoms with Crippen LogP contribution in [0.15, 0.2) is 29.6 Å². The molecule has 2 heterocycles. The summed E-state index contributed by atoms with van der Waals surface area (Å²) in [6, 6.07) is 4.44. The van der Waals surface area contributed by atoms with Gasteiger partial charge in [-0.1, -0.05) is 0 Å². The minimum atomic E-state index is -3.71. The van der Waals surface area contributed by atoms with Crippen LogP contribution in [0.1, 0.15) is 16.8 Å². The number of hydrogen-bond donors (Lipinski definition) is 2. The summed E-state index contributed by atoms with van der Waals surface area (Å²) in [5.41, 5.74) is 2.88. The highest BCUT2D eigenvalue weighted by Gasteiger charge is 2.23. The van der Waals surface area contributed by atoms with E-state index >= 15 is 0 Å². The fourth-order valence-corrected chi connectivity index (χ4v) is 3.88. The second-order valence-electron chi connectivity index (χ2n) is 5.55. The quantitative estimate of drug-likeness (QED) is 0.750. The lowest BCUT2D eigenvalue weighted by Crippen LogP contribution is -2.10. The van der Waals surface area contributed by atoms with Crippen LogP contribution in [0, 0.1) is 13.8 Å². The van der Waals surface area contributed by atoms with E-state index in [0.717, 1.165) is 5.56 Å². The molecule has 0 aliphatic carbocycles. The summed E-state index contributed by atoms with van der Waals surface area (Å²) in [6.07, 6.45) is 1.59. The number of aromatic amines is 1. The van der Waals surface area contributed by atoms with Gasteiger partial charge < -0.3 is 14.8 Å². The molecule has 1 aromatic carbocycles. The van der Waals surface area contributed by atoms with Crippen molar-refractivity contribution in [1.29, 1.82) is 0 Å². The minimum absolute atomic E-state index is 0.0379. The van der Waals surface area contributed by atoms with Crippen molar-refractivity contribution in [3.05, 3.63) is 41.2 Å². The van der Waals surface area contributed by atoms with Gasteiger partial charge in [0.05, 0.1) is 23.8 Å². The maximum Gasteiger partial charge on any atom is 0.226 e. The van der Waals surface area contributed by atoms with Gasteiger partial charge in [0, 0.05) is 23.4 Å². The highest BCUT2D eigenvalue weighted by Crippen LogP contribution is 2.27. The Morgan fingerprint density at radius 2 is 2.04 bits per heavy atom. The number of H-pyrrole nitrogens is 1. The van der Waals surface area contributed by atoms with Crippen molar-refractivity contribution >= 4 is 20.9 Å². The lowest BCUT2D eigenvalue weighted by Gasteiger charge is -2.11. The van der Waals surface area contributed by atoms with Gasteiger partial charge in [0.2, 0.25) is 15.0 Å². The number of sulfone groups is 1. The number of phenolic OH excluding ortho intramolecular Hbond substituents is 1. The van der Waals surface area contributed by atoms with E-state index in [1.54, 1.807) is 26.3 Å². The molecule has 8 heteroatoms. The topological polar surface area (TPSA) is 105 Å². The second kappa shape index (κ2) is 5.79. The number of ether oxygens (including phenoxy) is 1. The van der Waals surface area contributed by atoms with E-state index in [1.165, 1.54) is 12.1 Å². The largest absolute Gasteiger partial charge is 0.508 e. The first-order valence-electron chi connectivity index (χ1n) is 7.22. The molecule has 126 valence electrons. The van der Waals surface area contributed by atoms with E-state index in [-0.39, 0.29) is 16.7 Å². The third-order valence-corrected chi connectivity index (χ3v) is 5.25. The zero-order valence-corrected chi connectivity index (χ0v) is 14.3. The maximum atomic E-state index is 12.7. The molecule has 0 fully saturated rings. The number of imidazole rings is 1. The summed E-state index contributed by atoms with van der Waals surface area (Å²) >= 11 is 0. The van der Waals surface area contributed by atoms with Gasteiger partial charge in [-0.25, -0.2) is 13.4 Å². The molecule has 2 aromatic heterocycles. The van der Waals surface area contributed by atoms with Crippen LogP contribution in [0.5, 0.6) is 11.5 Å². The lowest BCUT2D eigenvalue weighted by atomic mass is 10.1. The highest BCUT2D eigenvalue weighted by molar-refractivity contribution is 7.90. The van der Waals surface area contributed by atoms with Crippen LogP contribution in [-0.4, -0.2) is 35.6 Å². The van der Waals surface area contributed by atoms with Gasteiger partial charge in [0.1, 0.15) is 17.3 Å². The standard InChI is InChI=1S/C16H17N3O4S/c1-9-7-17-14(10(2)15(9)23-3)8-24(21,22)16-18-12-5-4-11(20)6-13(12)19-16/h4-7,20H,8H2,1-3H3,(H,18,19). The number of fused-ring (bicyclic) bond motifs is 1.